The summed E-state index contributed by atoms with van der Waals surface area (Å²) in [5, 5.41) is 1.00. The largest absolute Gasteiger partial charge is 0.293 e. The molecular formula is C13H12N2OS. The molecule has 0 unspecified atom stereocenters. The summed E-state index contributed by atoms with van der Waals surface area (Å²) in [6.07, 6.45) is 5.08. The second kappa shape index (κ2) is 4.37. The van der Waals surface area contributed by atoms with Crippen LogP contribution in [0.5, 0.6) is 0 Å². The number of carbonyl (C=O) groups excluding carboxylic acids is 1. The van der Waals surface area contributed by atoms with Gasteiger partial charge in [0.1, 0.15) is 0 Å². The lowest BCUT2D eigenvalue weighted by molar-refractivity contribution is 0.0976. The summed E-state index contributed by atoms with van der Waals surface area (Å²) in [5.74, 6) is 0.260. The molecule has 17 heavy (non-hydrogen) atoms. The van der Waals surface area contributed by atoms with E-state index in [0.29, 0.717) is 6.42 Å². The molecule has 2 aromatic rings. The molecule has 0 N–H and O–H groups in total. The van der Waals surface area contributed by atoms with Crippen LogP contribution in [0.25, 0.3) is 0 Å². The van der Waals surface area contributed by atoms with Crippen LogP contribution >= 0.6 is 11.3 Å². The van der Waals surface area contributed by atoms with E-state index in [1.807, 2.05) is 18.2 Å². The number of rotatable bonds is 2. The number of fused-ring (bicyclic) bond motifs is 1. The normalized spacial score (nSPS) is 14.7. The zero-order valence-corrected chi connectivity index (χ0v) is 10.2. The Hall–Kier alpha value is -1.55. The minimum atomic E-state index is 0.260. The standard InChI is InChI=1S/C13H12N2OS/c16-11-6-3-5-10-13(11)17-12(15-10)8-9-4-1-2-7-14-9/h1-2,4,7H,3,5-6,8H2. The van der Waals surface area contributed by atoms with Gasteiger partial charge in [-0.25, -0.2) is 4.98 Å². The lowest BCUT2D eigenvalue weighted by atomic mass is 10.0. The Balaban J connectivity index is 1.88. The van der Waals surface area contributed by atoms with Crippen LogP contribution < -0.4 is 0 Å². The number of pyridine rings is 1. The molecular weight excluding hydrogens is 232 g/mol. The number of Topliss-reactive ketones (excluding diaryl/α,β-unsaturated/α-hetero) is 1. The predicted octanol–water partition coefficient (Wildman–Crippen LogP) is 2.65. The number of aromatic nitrogens is 2. The summed E-state index contributed by atoms with van der Waals surface area (Å²) in [4.78, 5) is 21.4. The number of ketones is 1. The molecule has 2 aromatic heterocycles. The first-order valence-electron chi connectivity index (χ1n) is 5.74. The predicted molar refractivity (Wildman–Crippen MR) is 66.4 cm³/mol. The Labute approximate surface area is 104 Å². The Bertz CT molecular complexity index is 548. The molecule has 1 aliphatic carbocycles. The van der Waals surface area contributed by atoms with Crippen LogP contribution in [-0.2, 0) is 12.8 Å². The zero-order valence-electron chi connectivity index (χ0n) is 9.35. The van der Waals surface area contributed by atoms with E-state index in [9.17, 15) is 4.79 Å². The molecule has 2 heterocycles. The highest BCUT2D eigenvalue weighted by atomic mass is 32.1. The monoisotopic (exact) mass is 244 g/mol. The van der Waals surface area contributed by atoms with Crippen LogP contribution in [0.2, 0.25) is 0 Å². The number of aryl methyl sites for hydroxylation is 1. The topological polar surface area (TPSA) is 42.9 Å². The minimum absolute atomic E-state index is 0.260. The van der Waals surface area contributed by atoms with Gasteiger partial charge >= 0.3 is 0 Å². The van der Waals surface area contributed by atoms with Crippen molar-refractivity contribution in [1.82, 2.24) is 9.97 Å². The van der Waals surface area contributed by atoms with Crippen LogP contribution in [0.1, 0.15) is 38.9 Å². The van der Waals surface area contributed by atoms with Crippen LogP contribution in [0, 0.1) is 0 Å². The van der Waals surface area contributed by atoms with Gasteiger partial charge in [-0.3, -0.25) is 9.78 Å². The minimum Gasteiger partial charge on any atom is -0.293 e. The summed E-state index contributed by atoms with van der Waals surface area (Å²) in [6, 6.07) is 5.86. The fourth-order valence-corrected chi connectivity index (χ4v) is 3.14. The van der Waals surface area contributed by atoms with Gasteiger partial charge in [-0.2, -0.15) is 0 Å². The average molecular weight is 244 g/mol. The van der Waals surface area contributed by atoms with Gasteiger partial charge in [0.15, 0.2) is 5.78 Å². The van der Waals surface area contributed by atoms with Crippen molar-refractivity contribution >= 4 is 17.1 Å². The Kier molecular flexibility index (Phi) is 2.73. The third-order valence-electron chi connectivity index (χ3n) is 2.87. The second-order valence-corrected chi connectivity index (χ2v) is 5.24. The molecule has 3 nitrogen and oxygen atoms in total. The zero-order chi connectivity index (χ0) is 11.7. The molecule has 4 heteroatoms. The lowest BCUT2D eigenvalue weighted by Crippen LogP contribution is -2.07. The lowest BCUT2D eigenvalue weighted by Gasteiger charge is -2.06. The smallest absolute Gasteiger partial charge is 0.174 e. The molecule has 3 rings (SSSR count). The van der Waals surface area contributed by atoms with Crippen LogP contribution in [0.15, 0.2) is 24.4 Å². The van der Waals surface area contributed by atoms with Gasteiger partial charge in [-0.15, -0.1) is 11.3 Å². The molecule has 0 aliphatic heterocycles. The van der Waals surface area contributed by atoms with E-state index in [-0.39, 0.29) is 5.78 Å². The van der Waals surface area contributed by atoms with Gasteiger partial charge in [0.25, 0.3) is 0 Å². The molecule has 86 valence electrons. The summed E-state index contributed by atoms with van der Waals surface area (Å²) >= 11 is 1.54. The number of hydrogen-bond acceptors (Lipinski definition) is 4. The van der Waals surface area contributed by atoms with Gasteiger partial charge < -0.3 is 0 Å². The van der Waals surface area contributed by atoms with Gasteiger partial charge in [-0.05, 0) is 25.0 Å². The first kappa shape index (κ1) is 10.6. The van der Waals surface area contributed by atoms with Crippen LogP contribution in [-0.4, -0.2) is 15.8 Å². The summed E-state index contributed by atoms with van der Waals surface area (Å²) in [5.41, 5.74) is 2.00. The number of carbonyl (C=O) groups is 1. The number of thiazole rings is 1. The molecule has 0 fully saturated rings. The maximum Gasteiger partial charge on any atom is 0.174 e. The highest BCUT2D eigenvalue weighted by Crippen LogP contribution is 2.27. The fraction of sp³-hybridized carbons (Fsp3) is 0.308. The van der Waals surface area contributed by atoms with Crippen molar-refractivity contribution in [2.75, 3.05) is 0 Å². The molecule has 0 saturated carbocycles. The maximum atomic E-state index is 11.7. The van der Waals surface area contributed by atoms with E-state index in [4.69, 9.17) is 0 Å². The molecule has 0 spiro atoms. The van der Waals surface area contributed by atoms with Gasteiger partial charge in [-0.1, -0.05) is 6.07 Å². The van der Waals surface area contributed by atoms with Crippen LogP contribution in [0.4, 0.5) is 0 Å². The highest BCUT2D eigenvalue weighted by molar-refractivity contribution is 7.13. The van der Waals surface area contributed by atoms with Gasteiger partial charge in [0.05, 0.1) is 15.6 Å². The first-order valence-corrected chi connectivity index (χ1v) is 6.56. The third kappa shape index (κ3) is 2.13. The quantitative estimate of drug-likeness (QED) is 0.815. The Morgan fingerprint density at radius 3 is 3.00 bits per heavy atom. The first-order chi connectivity index (χ1) is 8.33. The molecule has 1 aliphatic rings. The Morgan fingerprint density at radius 1 is 1.29 bits per heavy atom. The van der Waals surface area contributed by atoms with Crippen molar-refractivity contribution < 1.29 is 4.79 Å². The van der Waals surface area contributed by atoms with E-state index >= 15 is 0 Å². The van der Waals surface area contributed by atoms with Crippen LogP contribution in [0.3, 0.4) is 0 Å². The maximum absolute atomic E-state index is 11.7. The second-order valence-electron chi connectivity index (χ2n) is 4.16. The fourth-order valence-electron chi connectivity index (χ4n) is 2.05. The molecule has 0 bridgehead atoms. The average Bonchev–Trinajstić information content (AvgIpc) is 2.74. The van der Waals surface area contributed by atoms with Gasteiger partial charge in [0.2, 0.25) is 0 Å². The number of hydrogen-bond donors (Lipinski definition) is 0. The SMILES string of the molecule is O=C1CCCc2nc(Cc3ccccn3)sc21. The van der Waals surface area contributed by atoms with Crippen molar-refractivity contribution in [3.05, 3.63) is 45.7 Å². The molecule has 0 radical (unpaired) electrons. The third-order valence-corrected chi connectivity index (χ3v) is 4.01. The van der Waals surface area contributed by atoms with Gasteiger partial charge in [0, 0.05) is 24.7 Å². The highest BCUT2D eigenvalue weighted by Gasteiger charge is 2.21. The van der Waals surface area contributed by atoms with Crippen molar-refractivity contribution in [3.8, 4) is 0 Å². The Morgan fingerprint density at radius 2 is 2.24 bits per heavy atom. The summed E-state index contributed by atoms with van der Waals surface area (Å²) in [7, 11) is 0. The molecule has 0 aromatic carbocycles. The number of nitrogens with zero attached hydrogens (tertiary/aromatic N) is 2. The molecule has 0 saturated heterocycles. The molecule has 0 amide bonds. The summed E-state index contributed by atoms with van der Waals surface area (Å²) in [6.45, 7) is 0. The molecule has 0 atom stereocenters. The summed E-state index contributed by atoms with van der Waals surface area (Å²) < 4.78 is 0. The van der Waals surface area contributed by atoms with E-state index in [1.165, 1.54) is 11.3 Å². The van der Waals surface area contributed by atoms with E-state index in [1.54, 1.807) is 6.20 Å². The van der Waals surface area contributed by atoms with E-state index in [0.717, 1.165) is 40.5 Å². The van der Waals surface area contributed by atoms with E-state index in [2.05, 4.69) is 9.97 Å². The van der Waals surface area contributed by atoms with Crippen molar-refractivity contribution in [3.63, 3.8) is 0 Å². The van der Waals surface area contributed by atoms with Crippen molar-refractivity contribution in [2.24, 2.45) is 0 Å². The van der Waals surface area contributed by atoms with Crippen molar-refractivity contribution in [1.29, 1.82) is 0 Å². The van der Waals surface area contributed by atoms with E-state index < -0.39 is 0 Å². The van der Waals surface area contributed by atoms with Crippen molar-refractivity contribution in [2.45, 2.75) is 25.7 Å².